The molecule has 5 rings (SSSR count). The first-order valence-electron chi connectivity index (χ1n) is 22.1. The van der Waals surface area contributed by atoms with Gasteiger partial charge in [0, 0.05) is 62.5 Å². The Kier molecular flexibility index (Phi) is 24.7. The fourth-order valence-electron chi connectivity index (χ4n) is 9.08. The third-order valence-electron chi connectivity index (χ3n) is 13.3. The molecule has 0 saturated carbocycles. The summed E-state index contributed by atoms with van der Waals surface area (Å²) in [6.45, 7) is 48.7. The zero-order valence-corrected chi connectivity index (χ0v) is 44.9. The Morgan fingerprint density at radius 2 is 0.873 bits per heavy atom. The average molecular weight is 867 g/mol. The molecule has 5 aliphatic rings. The summed E-state index contributed by atoms with van der Waals surface area (Å²) in [6.07, 6.45) is 0. The van der Waals surface area contributed by atoms with Crippen LogP contribution in [0, 0.1) is 29.6 Å². The number of rotatable bonds is 5. The summed E-state index contributed by atoms with van der Waals surface area (Å²) in [5.74, 6) is 4.01. The van der Waals surface area contributed by atoms with Gasteiger partial charge in [-0.25, -0.2) is 0 Å². The highest BCUT2D eigenvalue weighted by Crippen LogP contribution is 2.41. The fraction of sp³-hybridized carbons (Fsp3) is 1.00. The van der Waals surface area contributed by atoms with Crippen molar-refractivity contribution in [3.8, 4) is 0 Å². The average Bonchev–Trinajstić information content (AvgIpc) is 3.77. The molecule has 0 aromatic carbocycles. The molecule has 0 aromatic rings. The third-order valence-corrected chi connectivity index (χ3v) is 22.1. The first-order valence-corrected chi connectivity index (χ1v) is 26.7. The van der Waals surface area contributed by atoms with Gasteiger partial charge in [0.15, 0.2) is 0 Å². The van der Waals surface area contributed by atoms with Crippen molar-refractivity contribution in [2.24, 2.45) is 29.6 Å². The highest BCUT2D eigenvalue weighted by Gasteiger charge is 2.39. The summed E-state index contributed by atoms with van der Waals surface area (Å²) in [5.41, 5.74) is 0. The van der Waals surface area contributed by atoms with E-state index in [0.29, 0.717) is 22.2 Å². The van der Waals surface area contributed by atoms with Crippen molar-refractivity contribution < 1.29 is 0 Å². The van der Waals surface area contributed by atoms with Crippen LogP contribution in [0.15, 0.2) is 0 Å². The lowest BCUT2D eigenvalue weighted by Crippen LogP contribution is -2.40. The van der Waals surface area contributed by atoms with E-state index in [1.807, 2.05) is 11.9 Å². The lowest BCUT2D eigenvalue weighted by molar-refractivity contribution is 0.174. The van der Waals surface area contributed by atoms with E-state index in [9.17, 15) is 0 Å². The predicted molar refractivity (Wildman–Crippen MR) is 264 cm³/mol. The van der Waals surface area contributed by atoms with Gasteiger partial charge >= 0.3 is 0 Å². The summed E-state index contributed by atoms with van der Waals surface area (Å²) in [7, 11) is 8.91. The fourth-order valence-corrected chi connectivity index (χ4v) is 16.8. The Hall–Kier alpha value is 1.55. The molecule has 10 heteroatoms. The minimum absolute atomic E-state index is 0.692. The summed E-state index contributed by atoms with van der Waals surface area (Å²) in [5, 5.41) is 6.91. The highest BCUT2D eigenvalue weighted by atomic mass is 32.2. The quantitative estimate of drug-likeness (QED) is 0.247. The standard InChI is InChI=1S/5C9H19NS/c1-6(2)9-7(3)11-8(4)10(9)5;1-6(2)9-7(3)10(5)8(4)11-9;1-6(2)9-10(5)7(3)8(4)11-9;1-6(2)9-7(3)8(4)10(5)11-9;1-6(2)10-7(3)8(4)11-9(10)5/h5*6-9H,1-5H3. The predicted octanol–water partition coefficient (Wildman–Crippen LogP) is 12.5. The number of thioether (sulfide) groups is 4. The van der Waals surface area contributed by atoms with Crippen molar-refractivity contribution in [3.05, 3.63) is 0 Å². The first-order chi connectivity index (χ1) is 25.2. The van der Waals surface area contributed by atoms with Crippen LogP contribution in [0.5, 0.6) is 0 Å². The van der Waals surface area contributed by atoms with Crippen molar-refractivity contribution in [2.45, 2.75) is 229 Å². The van der Waals surface area contributed by atoms with Gasteiger partial charge in [-0.3, -0.25) is 23.9 Å². The molecule has 5 heterocycles. The molecular formula is C45H95N5S5. The molecule has 5 saturated heterocycles. The van der Waals surface area contributed by atoms with Gasteiger partial charge in [-0.2, -0.15) is 0 Å². The molecular weight excluding hydrogens is 771 g/mol. The molecule has 5 nitrogen and oxygen atoms in total. The van der Waals surface area contributed by atoms with E-state index >= 15 is 0 Å². The molecule has 0 amide bonds. The van der Waals surface area contributed by atoms with Gasteiger partial charge in [0.05, 0.1) is 21.5 Å². The van der Waals surface area contributed by atoms with Crippen molar-refractivity contribution in [2.75, 3.05) is 28.2 Å². The lowest BCUT2D eigenvalue weighted by atomic mass is 9.93. The van der Waals surface area contributed by atoms with Crippen LogP contribution in [-0.4, -0.2) is 136 Å². The van der Waals surface area contributed by atoms with Crippen LogP contribution in [0.2, 0.25) is 0 Å². The zero-order valence-electron chi connectivity index (χ0n) is 40.8. The van der Waals surface area contributed by atoms with Crippen LogP contribution in [-0.2, 0) is 0 Å². The molecule has 0 aliphatic carbocycles. The molecule has 0 spiro atoms. The van der Waals surface area contributed by atoms with E-state index in [0.717, 1.165) is 91.4 Å². The number of nitrogens with zero attached hydrogens (tertiary/aromatic N) is 5. The first kappa shape index (κ1) is 54.6. The summed E-state index contributed by atoms with van der Waals surface area (Å²) in [6, 6.07) is 4.44. The molecule has 330 valence electrons. The Balaban J connectivity index is 0.000000344. The van der Waals surface area contributed by atoms with Crippen molar-refractivity contribution in [3.63, 3.8) is 0 Å². The van der Waals surface area contributed by atoms with Crippen molar-refractivity contribution in [1.29, 1.82) is 0 Å². The maximum atomic E-state index is 2.59. The van der Waals surface area contributed by atoms with Crippen LogP contribution in [0.1, 0.15) is 145 Å². The molecule has 5 aliphatic heterocycles. The Morgan fingerprint density at radius 1 is 0.400 bits per heavy atom. The SMILES string of the molecule is CC(C)C1C(C)SC(C)N1C.CC(C)C1SC(C)C(C)N1C.CC(C)C1SC(C)N(C)C1C.CC(C)C1SN(C)C(C)C1C.CC1SC(C)N(C(C)C)C1C. The van der Waals surface area contributed by atoms with Gasteiger partial charge in [-0.15, -0.1) is 47.0 Å². The van der Waals surface area contributed by atoms with Gasteiger partial charge in [-0.1, -0.05) is 95.0 Å². The summed E-state index contributed by atoms with van der Waals surface area (Å²) in [4.78, 5) is 10.1. The van der Waals surface area contributed by atoms with E-state index in [1.54, 1.807) is 0 Å². The zero-order chi connectivity index (χ0) is 43.0. The van der Waals surface area contributed by atoms with Gasteiger partial charge in [-0.05, 0) is 120 Å². The van der Waals surface area contributed by atoms with E-state index < -0.39 is 0 Å². The van der Waals surface area contributed by atoms with Crippen molar-refractivity contribution in [1.82, 2.24) is 23.9 Å². The molecule has 0 N–H and O–H groups in total. The van der Waals surface area contributed by atoms with E-state index in [-0.39, 0.29) is 0 Å². The Bertz CT molecular complexity index is 941. The topological polar surface area (TPSA) is 16.2 Å². The molecule has 0 aromatic heterocycles. The molecule has 55 heavy (non-hydrogen) atoms. The van der Waals surface area contributed by atoms with Gasteiger partial charge < -0.3 is 0 Å². The molecule has 15 unspecified atom stereocenters. The molecule has 0 bridgehead atoms. The maximum absolute atomic E-state index is 2.59. The normalized spacial score (nSPS) is 40.4. The number of hydrogen-bond acceptors (Lipinski definition) is 10. The largest absolute Gasteiger partial charge is 0.291 e. The molecule has 0 radical (unpaired) electrons. The summed E-state index contributed by atoms with van der Waals surface area (Å²) >= 11 is 10.4. The third kappa shape index (κ3) is 15.4. The van der Waals surface area contributed by atoms with Gasteiger partial charge in [0.1, 0.15) is 0 Å². The Labute approximate surface area is 367 Å². The van der Waals surface area contributed by atoms with E-state index in [1.165, 1.54) is 0 Å². The van der Waals surface area contributed by atoms with Crippen LogP contribution < -0.4 is 0 Å². The smallest absolute Gasteiger partial charge is 0.0583 e. The second kappa shape index (κ2) is 24.9. The van der Waals surface area contributed by atoms with E-state index in [4.69, 9.17) is 0 Å². The second-order valence-corrected chi connectivity index (χ2v) is 27.0. The van der Waals surface area contributed by atoms with Gasteiger partial charge in [0.25, 0.3) is 0 Å². The second-order valence-electron chi connectivity index (χ2n) is 19.3. The molecule has 15 atom stereocenters. The van der Waals surface area contributed by atoms with Crippen LogP contribution >= 0.6 is 59.0 Å². The monoisotopic (exact) mass is 866 g/mol. The number of hydrogen-bond donors (Lipinski definition) is 0. The van der Waals surface area contributed by atoms with Crippen LogP contribution in [0.3, 0.4) is 0 Å². The Morgan fingerprint density at radius 3 is 1.05 bits per heavy atom. The minimum atomic E-state index is 0.692. The minimum Gasteiger partial charge on any atom is -0.291 e. The highest BCUT2D eigenvalue weighted by molar-refractivity contribution is 8.01. The van der Waals surface area contributed by atoms with Crippen LogP contribution in [0.25, 0.3) is 0 Å². The van der Waals surface area contributed by atoms with E-state index in [2.05, 4.69) is 245 Å². The maximum Gasteiger partial charge on any atom is 0.0583 e. The van der Waals surface area contributed by atoms with Crippen LogP contribution in [0.4, 0.5) is 0 Å². The summed E-state index contributed by atoms with van der Waals surface area (Å²) < 4.78 is 2.40. The lowest BCUT2D eigenvalue weighted by Gasteiger charge is -2.29. The van der Waals surface area contributed by atoms with Gasteiger partial charge in [0.2, 0.25) is 0 Å². The molecule has 5 fully saturated rings. The van der Waals surface area contributed by atoms with Crippen molar-refractivity contribution >= 4 is 59.0 Å².